The van der Waals surface area contributed by atoms with Gasteiger partial charge in [0, 0.05) is 48.7 Å². The first kappa shape index (κ1) is 23.4. The summed E-state index contributed by atoms with van der Waals surface area (Å²) in [5, 5.41) is 3.35. The lowest BCUT2D eigenvalue weighted by atomic mass is 10.1. The predicted molar refractivity (Wildman–Crippen MR) is 137 cm³/mol. The van der Waals surface area contributed by atoms with Gasteiger partial charge in [0.1, 0.15) is 5.75 Å². The van der Waals surface area contributed by atoms with Crippen LogP contribution in [0.15, 0.2) is 78.9 Å². The molecule has 7 heteroatoms. The number of methoxy groups -OCH3 is 1. The van der Waals surface area contributed by atoms with E-state index in [1.54, 1.807) is 24.3 Å². The Kier molecular flexibility index (Phi) is 7.50. The van der Waals surface area contributed by atoms with Crippen molar-refractivity contribution in [1.82, 2.24) is 4.90 Å². The van der Waals surface area contributed by atoms with Gasteiger partial charge in [-0.3, -0.25) is 9.59 Å². The zero-order valence-corrected chi connectivity index (χ0v) is 19.7. The molecule has 1 fully saturated rings. The molecule has 6 nitrogen and oxygen atoms in total. The van der Waals surface area contributed by atoms with Crippen LogP contribution in [0, 0.1) is 0 Å². The van der Waals surface area contributed by atoms with Crippen molar-refractivity contribution < 1.29 is 14.3 Å². The van der Waals surface area contributed by atoms with Gasteiger partial charge in [-0.1, -0.05) is 41.9 Å². The number of carbonyl (C=O) groups excluding carboxylic acids is 2. The van der Waals surface area contributed by atoms with Crippen molar-refractivity contribution in [1.29, 1.82) is 0 Å². The standard InChI is InChI=1S/C27H26ClN3O3/c1-34-25-13-8-21(28)19-24(25)27(33)29-22-9-11-23(12-10-22)30-15-17-31(18-16-30)26(32)14-7-20-5-3-2-4-6-20/h2-14,19H,15-18H2,1H3,(H,29,33)/b14-7+. The number of carbonyl (C=O) groups is 2. The fraction of sp³-hybridized carbons (Fsp3) is 0.185. The van der Waals surface area contributed by atoms with E-state index in [2.05, 4.69) is 10.2 Å². The van der Waals surface area contributed by atoms with E-state index < -0.39 is 0 Å². The van der Waals surface area contributed by atoms with Crippen molar-refractivity contribution in [2.45, 2.75) is 0 Å². The quantitative estimate of drug-likeness (QED) is 0.512. The highest BCUT2D eigenvalue weighted by Crippen LogP contribution is 2.25. The summed E-state index contributed by atoms with van der Waals surface area (Å²) in [5.74, 6) is 0.199. The van der Waals surface area contributed by atoms with Gasteiger partial charge < -0.3 is 19.9 Å². The Morgan fingerprint density at radius 1 is 0.941 bits per heavy atom. The van der Waals surface area contributed by atoms with E-state index >= 15 is 0 Å². The van der Waals surface area contributed by atoms with Gasteiger partial charge in [0.15, 0.2) is 0 Å². The van der Waals surface area contributed by atoms with Gasteiger partial charge in [0.2, 0.25) is 5.91 Å². The molecular formula is C27H26ClN3O3. The molecular weight excluding hydrogens is 450 g/mol. The molecule has 1 saturated heterocycles. The number of anilines is 2. The molecule has 4 rings (SSSR count). The normalized spacial score (nSPS) is 13.7. The molecule has 0 aliphatic carbocycles. The monoisotopic (exact) mass is 475 g/mol. The van der Waals surface area contributed by atoms with E-state index in [9.17, 15) is 9.59 Å². The zero-order valence-electron chi connectivity index (χ0n) is 18.9. The second-order valence-electron chi connectivity index (χ2n) is 7.90. The first-order valence-corrected chi connectivity index (χ1v) is 11.4. The van der Waals surface area contributed by atoms with E-state index in [-0.39, 0.29) is 11.8 Å². The minimum atomic E-state index is -0.289. The molecule has 3 aromatic carbocycles. The molecule has 34 heavy (non-hydrogen) atoms. The summed E-state index contributed by atoms with van der Waals surface area (Å²) in [4.78, 5) is 29.3. The van der Waals surface area contributed by atoms with Crippen LogP contribution < -0.4 is 15.0 Å². The molecule has 0 atom stereocenters. The Balaban J connectivity index is 1.32. The molecule has 2 amide bonds. The predicted octanol–water partition coefficient (Wildman–Crippen LogP) is 4.96. The summed E-state index contributed by atoms with van der Waals surface area (Å²) >= 11 is 6.03. The Morgan fingerprint density at radius 3 is 2.32 bits per heavy atom. The first-order valence-electron chi connectivity index (χ1n) is 11.1. The van der Waals surface area contributed by atoms with E-state index in [0.717, 1.165) is 24.3 Å². The Labute approximate surface area is 204 Å². The van der Waals surface area contributed by atoms with Crippen molar-refractivity contribution in [3.05, 3.63) is 95.0 Å². The van der Waals surface area contributed by atoms with Crippen LogP contribution in [0.4, 0.5) is 11.4 Å². The minimum Gasteiger partial charge on any atom is -0.496 e. The smallest absolute Gasteiger partial charge is 0.259 e. The minimum absolute atomic E-state index is 0.0259. The number of nitrogens with one attached hydrogen (secondary N) is 1. The lowest BCUT2D eigenvalue weighted by Crippen LogP contribution is -2.48. The second-order valence-corrected chi connectivity index (χ2v) is 8.34. The summed E-state index contributed by atoms with van der Waals surface area (Å²) in [5.41, 5.74) is 3.11. The Bertz CT molecular complexity index is 1170. The fourth-order valence-electron chi connectivity index (χ4n) is 3.83. The maximum Gasteiger partial charge on any atom is 0.259 e. The molecule has 0 aromatic heterocycles. The molecule has 0 saturated carbocycles. The summed E-state index contributed by atoms with van der Waals surface area (Å²) in [7, 11) is 1.52. The topological polar surface area (TPSA) is 61.9 Å². The van der Waals surface area contributed by atoms with Crippen molar-refractivity contribution in [3.8, 4) is 5.75 Å². The van der Waals surface area contributed by atoms with Crippen molar-refractivity contribution >= 4 is 40.9 Å². The second kappa shape index (κ2) is 10.9. The first-order chi connectivity index (χ1) is 16.5. The van der Waals surface area contributed by atoms with Gasteiger partial charge in [0.25, 0.3) is 5.91 Å². The highest BCUT2D eigenvalue weighted by molar-refractivity contribution is 6.31. The van der Waals surface area contributed by atoms with Crippen molar-refractivity contribution in [2.75, 3.05) is 43.5 Å². The highest BCUT2D eigenvalue weighted by atomic mass is 35.5. The van der Waals surface area contributed by atoms with Crippen LogP contribution in [0.2, 0.25) is 5.02 Å². The van der Waals surface area contributed by atoms with Gasteiger partial charge in [-0.05, 0) is 54.1 Å². The molecule has 174 valence electrons. The van der Waals surface area contributed by atoms with Gasteiger partial charge in [-0.25, -0.2) is 0 Å². The summed E-state index contributed by atoms with van der Waals surface area (Å²) in [6.07, 6.45) is 3.48. The molecule has 1 heterocycles. The number of benzene rings is 3. The van der Waals surface area contributed by atoms with Crippen molar-refractivity contribution in [3.63, 3.8) is 0 Å². The van der Waals surface area contributed by atoms with Crippen LogP contribution in [0.1, 0.15) is 15.9 Å². The summed E-state index contributed by atoms with van der Waals surface area (Å²) < 4.78 is 5.26. The van der Waals surface area contributed by atoms with Crippen LogP contribution >= 0.6 is 11.6 Å². The van der Waals surface area contributed by atoms with E-state index in [4.69, 9.17) is 16.3 Å². The molecule has 0 radical (unpaired) electrons. The van der Waals surface area contributed by atoms with Crippen LogP contribution in [0.25, 0.3) is 6.08 Å². The number of amides is 2. The van der Waals surface area contributed by atoms with Crippen LogP contribution in [0.3, 0.4) is 0 Å². The molecule has 0 spiro atoms. The van der Waals surface area contributed by atoms with Crippen molar-refractivity contribution in [2.24, 2.45) is 0 Å². The number of hydrogen-bond acceptors (Lipinski definition) is 4. The molecule has 3 aromatic rings. The van der Waals surface area contributed by atoms with E-state index in [0.29, 0.717) is 35.1 Å². The van der Waals surface area contributed by atoms with Crippen LogP contribution in [-0.4, -0.2) is 50.0 Å². The Hall–Kier alpha value is -3.77. The van der Waals surface area contributed by atoms with Gasteiger partial charge in [-0.2, -0.15) is 0 Å². The molecule has 0 bridgehead atoms. The summed E-state index contributed by atoms with van der Waals surface area (Å²) in [6.45, 7) is 2.81. The number of rotatable bonds is 6. The lowest BCUT2D eigenvalue weighted by molar-refractivity contribution is -0.126. The number of ether oxygens (including phenoxy) is 1. The maximum atomic E-state index is 12.7. The third-order valence-corrected chi connectivity index (χ3v) is 5.94. The fourth-order valence-corrected chi connectivity index (χ4v) is 4.01. The van der Waals surface area contributed by atoms with E-state index in [1.807, 2.05) is 65.6 Å². The average Bonchev–Trinajstić information content (AvgIpc) is 2.88. The molecule has 1 N–H and O–H groups in total. The highest BCUT2D eigenvalue weighted by Gasteiger charge is 2.20. The van der Waals surface area contributed by atoms with Crippen LogP contribution in [-0.2, 0) is 4.79 Å². The van der Waals surface area contributed by atoms with E-state index in [1.165, 1.54) is 7.11 Å². The lowest BCUT2D eigenvalue weighted by Gasteiger charge is -2.35. The van der Waals surface area contributed by atoms with Crippen LogP contribution in [0.5, 0.6) is 5.75 Å². The largest absolute Gasteiger partial charge is 0.496 e. The molecule has 1 aliphatic heterocycles. The molecule has 0 unspecified atom stereocenters. The average molecular weight is 476 g/mol. The number of halogens is 1. The number of piperazine rings is 1. The molecule has 1 aliphatic rings. The Morgan fingerprint density at radius 2 is 1.65 bits per heavy atom. The summed E-state index contributed by atoms with van der Waals surface area (Å²) in [6, 6.07) is 22.4. The third-order valence-electron chi connectivity index (χ3n) is 5.71. The van der Waals surface area contributed by atoms with Gasteiger partial charge >= 0.3 is 0 Å². The van der Waals surface area contributed by atoms with Gasteiger partial charge in [0.05, 0.1) is 12.7 Å². The van der Waals surface area contributed by atoms with Gasteiger partial charge in [-0.15, -0.1) is 0 Å². The number of nitrogens with zero attached hydrogens (tertiary/aromatic N) is 2. The SMILES string of the molecule is COc1ccc(Cl)cc1C(=O)Nc1ccc(N2CCN(C(=O)/C=C/c3ccccc3)CC2)cc1. The zero-order chi connectivity index (χ0) is 23.9. The third kappa shape index (κ3) is 5.77. The number of hydrogen-bond donors (Lipinski definition) is 1. The maximum absolute atomic E-state index is 12.7.